The minimum Gasteiger partial charge on any atom is -0.349 e. The Morgan fingerprint density at radius 1 is 1.39 bits per heavy atom. The number of hydrogen-bond donors (Lipinski definition) is 2. The number of pyridine rings is 1. The summed E-state index contributed by atoms with van der Waals surface area (Å²) in [4.78, 5) is 19.7. The third kappa shape index (κ3) is 3.13. The number of carbonyl (C=O) groups excluding carboxylic acids is 1. The highest BCUT2D eigenvalue weighted by Crippen LogP contribution is 1.97. The lowest BCUT2D eigenvalue weighted by Crippen LogP contribution is -2.26. The van der Waals surface area contributed by atoms with Crippen LogP contribution in [0.1, 0.15) is 28.9 Å². The summed E-state index contributed by atoms with van der Waals surface area (Å²) in [6.07, 6.45) is 4.97. The number of nitrogens with one attached hydrogen (secondary N) is 2. The smallest absolute Gasteiger partial charge is 0.290 e. The first kappa shape index (κ1) is 12.2. The Labute approximate surface area is 105 Å². The van der Waals surface area contributed by atoms with Crippen LogP contribution in [0.15, 0.2) is 24.5 Å². The first-order valence-corrected chi connectivity index (χ1v) is 5.88. The molecule has 0 fully saturated rings. The van der Waals surface area contributed by atoms with Gasteiger partial charge in [0, 0.05) is 25.4 Å². The zero-order valence-electron chi connectivity index (χ0n) is 10.2. The third-order valence-corrected chi connectivity index (χ3v) is 2.52. The van der Waals surface area contributed by atoms with Gasteiger partial charge in [0.2, 0.25) is 5.82 Å². The molecule has 0 spiro atoms. The molecule has 1 amide bonds. The van der Waals surface area contributed by atoms with Crippen LogP contribution in [0.25, 0.3) is 0 Å². The van der Waals surface area contributed by atoms with Crippen LogP contribution in [0.5, 0.6) is 0 Å². The van der Waals surface area contributed by atoms with Crippen LogP contribution in [0.4, 0.5) is 0 Å². The summed E-state index contributed by atoms with van der Waals surface area (Å²) in [5, 5.41) is 9.35. The lowest BCUT2D eigenvalue weighted by atomic mass is 10.2. The summed E-state index contributed by atoms with van der Waals surface area (Å²) in [5.41, 5.74) is 1.13. The minimum absolute atomic E-state index is 0.196. The zero-order chi connectivity index (χ0) is 12.8. The molecule has 18 heavy (non-hydrogen) atoms. The van der Waals surface area contributed by atoms with Crippen LogP contribution < -0.4 is 5.32 Å². The van der Waals surface area contributed by atoms with Crippen molar-refractivity contribution in [3.8, 4) is 0 Å². The number of aromatic nitrogens is 4. The fraction of sp³-hybridized carbons (Fsp3) is 0.333. The van der Waals surface area contributed by atoms with E-state index in [2.05, 4.69) is 25.5 Å². The van der Waals surface area contributed by atoms with Gasteiger partial charge in [0.05, 0.1) is 0 Å². The lowest BCUT2D eigenvalue weighted by molar-refractivity contribution is 0.0944. The Balaban J connectivity index is 1.81. The topological polar surface area (TPSA) is 83.6 Å². The molecule has 2 N–H and O–H groups in total. The van der Waals surface area contributed by atoms with Crippen molar-refractivity contribution in [2.24, 2.45) is 0 Å². The van der Waals surface area contributed by atoms with Crippen molar-refractivity contribution in [3.05, 3.63) is 41.7 Å². The number of H-pyrrole nitrogens is 1. The van der Waals surface area contributed by atoms with E-state index < -0.39 is 0 Å². The van der Waals surface area contributed by atoms with E-state index >= 15 is 0 Å². The van der Waals surface area contributed by atoms with Crippen molar-refractivity contribution in [1.82, 2.24) is 25.5 Å². The van der Waals surface area contributed by atoms with E-state index in [1.807, 2.05) is 19.1 Å². The molecular formula is C12H15N5O. The van der Waals surface area contributed by atoms with Crippen LogP contribution in [0.2, 0.25) is 0 Å². The quantitative estimate of drug-likeness (QED) is 0.813. The second-order valence-corrected chi connectivity index (χ2v) is 3.82. The second-order valence-electron chi connectivity index (χ2n) is 3.82. The van der Waals surface area contributed by atoms with Gasteiger partial charge in [-0.05, 0) is 24.1 Å². The minimum atomic E-state index is -0.250. The molecule has 6 nitrogen and oxygen atoms in total. The van der Waals surface area contributed by atoms with Crippen molar-refractivity contribution in [1.29, 1.82) is 0 Å². The van der Waals surface area contributed by atoms with Crippen LogP contribution in [0, 0.1) is 0 Å². The predicted octanol–water partition coefficient (Wildman–Crippen LogP) is 0.735. The van der Waals surface area contributed by atoms with Gasteiger partial charge in [0.25, 0.3) is 5.91 Å². The molecule has 2 aromatic heterocycles. The maximum atomic E-state index is 11.7. The highest BCUT2D eigenvalue weighted by atomic mass is 16.2. The highest BCUT2D eigenvalue weighted by Gasteiger charge is 2.10. The molecule has 0 radical (unpaired) electrons. The van der Waals surface area contributed by atoms with Gasteiger partial charge >= 0.3 is 0 Å². The van der Waals surface area contributed by atoms with Crippen molar-refractivity contribution in [3.63, 3.8) is 0 Å². The van der Waals surface area contributed by atoms with E-state index in [4.69, 9.17) is 0 Å². The van der Waals surface area contributed by atoms with Crippen LogP contribution in [0.3, 0.4) is 0 Å². The number of nitrogens with zero attached hydrogens (tertiary/aromatic N) is 3. The van der Waals surface area contributed by atoms with Gasteiger partial charge < -0.3 is 5.32 Å². The normalized spacial score (nSPS) is 10.3. The molecule has 2 aromatic rings. The molecule has 2 rings (SSSR count). The van der Waals surface area contributed by atoms with Crippen molar-refractivity contribution >= 4 is 5.91 Å². The van der Waals surface area contributed by atoms with Crippen LogP contribution in [-0.2, 0) is 12.8 Å². The Hall–Kier alpha value is -2.24. The summed E-state index contributed by atoms with van der Waals surface area (Å²) < 4.78 is 0. The molecule has 0 aliphatic rings. The third-order valence-electron chi connectivity index (χ3n) is 2.52. The summed E-state index contributed by atoms with van der Waals surface area (Å²) in [6.45, 7) is 2.50. The Morgan fingerprint density at radius 3 is 2.83 bits per heavy atom. The van der Waals surface area contributed by atoms with Crippen LogP contribution in [-0.4, -0.2) is 32.6 Å². The van der Waals surface area contributed by atoms with E-state index in [1.165, 1.54) is 0 Å². The number of hydrogen-bond acceptors (Lipinski definition) is 4. The molecule has 0 aromatic carbocycles. The van der Waals surface area contributed by atoms with Gasteiger partial charge in [-0.25, -0.2) is 4.98 Å². The average Bonchev–Trinajstić information content (AvgIpc) is 2.89. The predicted molar refractivity (Wildman–Crippen MR) is 66.0 cm³/mol. The fourth-order valence-corrected chi connectivity index (χ4v) is 1.50. The molecule has 0 atom stereocenters. The van der Waals surface area contributed by atoms with Crippen LogP contribution >= 0.6 is 0 Å². The van der Waals surface area contributed by atoms with Gasteiger partial charge in [0.1, 0.15) is 5.82 Å². The molecule has 0 aliphatic carbocycles. The summed E-state index contributed by atoms with van der Waals surface area (Å²) in [7, 11) is 0. The number of carbonyl (C=O) groups is 1. The maximum absolute atomic E-state index is 11.7. The molecule has 0 saturated carbocycles. The molecule has 0 saturated heterocycles. The maximum Gasteiger partial charge on any atom is 0.290 e. The van der Waals surface area contributed by atoms with Gasteiger partial charge in [-0.1, -0.05) is 6.92 Å². The molecule has 0 bridgehead atoms. The van der Waals surface area contributed by atoms with E-state index in [1.54, 1.807) is 12.4 Å². The fourth-order valence-electron chi connectivity index (χ4n) is 1.50. The molecule has 6 heteroatoms. The summed E-state index contributed by atoms with van der Waals surface area (Å²) in [5.74, 6) is 0.663. The van der Waals surface area contributed by atoms with E-state index in [0.717, 1.165) is 18.4 Å². The molecule has 2 heterocycles. The van der Waals surface area contributed by atoms with Gasteiger partial charge in [-0.15, -0.1) is 5.10 Å². The van der Waals surface area contributed by atoms with Crippen molar-refractivity contribution in [2.75, 3.05) is 6.54 Å². The Morgan fingerprint density at radius 2 is 2.17 bits per heavy atom. The molecular weight excluding hydrogens is 230 g/mol. The van der Waals surface area contributed by atoms with E-state index in [9.17, 15) is 4.79 Å². The van der Waals surface area contributed by atoms with E-state index in [-0.39, 0.29) is 11.7 Å². The SMILES string of the molecule is CCc1nc(C(=O)NCCc2ccncc2)n[nH]1. The number of amides is 1. The van der Waals surface area contributed by atoms with Gasteiger partial charge in [0.15, 0.2) is 0 Å². The van der Waals surface area contributed by atoms with Gasteiger partial charge in [-0.3, -0.25) is 14.9 Å². The lowest BCUT2D eigenvalue weighted by Gasteiger charge is -2.02. The van der Waals surface area contributed by atoms with Crippen molar-refractivity contribution < 1.29 is 4.79 Å². The molecule has 0 unspecified atom stereocenters. The summed E-state index contributed by atoms with van der Waals surface area (Å²) in [6, 6.07) is 3.85. The number of rotatable bonds is 5. The summed E-state index contributed by atoms with van der Waals surface area (Å²) >= 11 is 0. The highest BCUT2D eigenvalue weighted by molar-refractivity contribution is 5.90. The first-order chi connectivity index (χ1) is 8.79. The largest absolute Gasteiger partial charge is 0.349 e. The standard InChI is InChI=1S/C12H15N5O/c1-2-10-15-11(17-16-10)12(18)14-8-5-9-3-6-13-7-4-9/h3-4,6-7H,2,5,8H2,1H3,(H,14,18)(H,15,16,17). The second kappa shape index (κ2) is 5.90. The number of aromatic amines is 1. The molecule has 94 valence electrons. The Bertz CT molecular complexity index is 508. The van der Waals surface area contributed by atoms with Gasteiger partial charge in [-0.2, -0.15) is 0 Å². The average molecular weight is 245 g/mol. The first-order valence-electron chi connectivity index (χ1n) is 5.88. The zero-order valence-corrected chi connectivity index (χ0v) is 10.2. The monoisotopic (exact) mass is 245 g/mol. The Kier molecular flexibility index (Phi) is 4.01. The number of aryl methyl sites for hydroxylation is 1. The molecule has 0 aliphatic heterocycles. The van der Waals surface area contributed by atoms with E-state index in [0.29, 0.717) is 12.4 Å². The van der Waals surface area contributed by atoms with Crippen molar-refractivity contribution in [2.45, 2.75) is 19.8 Å².